The van der Waals surface area contributed by atoms with Crippen molar-refractivity contribution in [2.75, 3.05) is 0 Å². The van der Waals surface area contributed by atoms with Crippen molar-refractivity contribution in [1.82, 2.24) is 4.31 Å². The van der Waals surface area contributed by atoms with Gasteiger partial charge in [-0.3, -0.25) is 0 Å². The third-order valence-corrected chi connectivity index (χ3v) is 9.14. The number of alkyl halides is 3. The molecule has 0 spiro atoms. The van der Waals surface area contributed by atoms with Gasteiger partial charge in [0.1, 0.15) is 11.3 Å². The molecule has 0 aliphatic heterocycles. The molecule has 5 aromatic rings. The van der Waals surface area contributed by atoms with Crippen LogP contribution in [-0.2, 0) is 34.1 Å². The number of fused-ring (bicyclic) bond motifs is 1. The van der Waals surface area contributed by atoms with Crippen LogP contribution in [0.1, 0.15) is 28.2 Å². The summed E-state index contributed by atoms with van der Waals surface area (Å²) in [6.07, 6.45) is -7.09. The van der Waals surface area contributed by atoms with E-state index in [0.717, 1.165) is 16.4 Å². The van der Waals surface area contributed by atoms with Crippen molar-refractivity contribution in [3.05, 3.63) is 131 Å². The molecule has 232 valence electrons. The number of benzene rings is 4. The first-order valence-corrected chi connectivity index (χ1v) is 14.8. The van der Waals surface area contributed by atoms with Gasteiger partial charge in [0, 0.05) is 11.9 Å². The van der Waals surface area contributed by atoms with Gasteiger partial charge in [-0.05, 0) is 58.3 Å². The molecule has 1 N–H and O–H groups in total. The molecule has 0 amide bonds. The molecular formula is C33H24F5NO5S. The van der Waals surface area contributed by atoms with E-state index < -0.39 is 46.1 Å². The molecule has 1 aromatic heterocycles. The molecule has 1 heterocycles. The number of hydrogen-bond donors (Lipinski definition) is 1. The Morgan fingerprint density at radius 2 is 1.56 bits per heavy atom. The van der Waals surface area contributed by atoms with Crippen LogP contribution >= 0.6 is 0 Å². The summed E-state index contributed by atoms with van der Waals surface area (Å²) in [7, 11) is -4.31. The second-order valence-electron chi connectivity index (χ2n) is 10.2. The number of aliphatic carboxylic acids is 1. The summed E-state index contributed by atoms with van der Waals surface area (Å²) in [6.45, 7) is 0.894. The van der Waals surface area contributed by atoms with Gasteiger partial charge in [-0.25, -0.2) is 13.2 Å². The molecule has 12 heteroatoms. The summed E-state index contributed by atoms with van der Waals surface area (Å²) in [6, 6.07) is 24.1. The predicted octanol–water partition coefficient (Wildman–Crippen LogP) is 8.51. The Balaban J connectivity index is 1.52. The van der Waals surface area contributed by atoms with E-state index in [4.69, 9.17) is 4.42 Å². The van der Waals surface area contributed by atoms with Crippen molar-refractivity contribution in [2.24, 2.45) is 0 Å². The van der Waals surface area contributed by atoms with Crippen LogP contribution in [-0.4, -0.2) is 23.8 Å². The highest BCUT2D eigenvalue weighted by Gasteiger charge is 2.36. The molecule has 0 unspecified atom stereocenters. The number of hydrogen-bond acceptors (Lipinski definition) is 4. The number of sulfonamides is 1. The first kappa shape index (κ1) is 31.6. The van der Waals surface area contributed by atoms with Gasteiger partial charge in [-0.2, -0.15) is 26.3 Å². The Labute approximate surface area is 254 Å². The van der Waals surface area contributed by atoms with Gasteiger partial charge in [0.05, 0.1) is 11.4 Å². The van der Waals surface area contributed by atoms with Gasteiger partial charge >= 0.3 is 12.1 Å². The van der Waals surface area contributed by atoms with Gasteiger partial charge in [-0.1, -0.05) is 78.9 Å². The fourth-order valence-corrected chi connectivity index (χ4v) is 6.83. The van der Waals surface area contributed by atoms with Crippen molar-refractivity contribution in [1.29, 1.82) is 0 Å². The predicted molar refractivity (Wildman–Crippen MR) is 157 cm³/mol. The maximum absolute atomic E-state index is 14.2. The van der Waals surface area contributed by atoms with Crippen molar-refractivity contribution >= 4 is 32.3 Å². The van der Waals surface area contributed by atoms with Crippen LogP contribution < -0.4 is 0 Å². The van der Waals surface area contributed by atoms with Crippen LogP contribution in [0.4, 0.5) is 22.0 Å². The van der Waals surface area contributed by atoms with Gasteiger partial charge in [0.2, 0.25) is 15.8 Å². The van der Waals surface area contributed by atoms with Crippen molar-refractivity contribution in [3.63, 3.8) is 0 Å². The maximum atomic E-state index is 14.2. The largest absolute Gasteiger partial charge is 0.477 e. The quantitative estimate of drug-likeness (QED) is 0.129. The molecule has 0 fully saturated rings. The van der Waals surface area contributed by atoms with E-state index in [2.05, 4.69) is 0 Å². The number of carbonyl (C=O) groups is 1. The molecule has 0 saturated carbocycles. The minimum Gasteiger partial charge on any atom is -0.477 e. The first-order valence-electron chi connectivity index (χ1n) is 13.4. The monoisotopic (exact) mass is 641 g/mol. The SMILES string of the molecule is Cc1ccc2ccccc2c1S(=O)(=O)N(Cc1ccc(-c2cccc(C(C(=O)O)=C(F)F)c2)cc1)Cc1ccc(C(F)(F)F)o1. The average molecular weight is 642 g/mol. The Morgan fingerprint density at radius 3 is 2.20 bits per heavy atom. The summed E-state index contributed by atoms with van der Waals surface area (Å²) in [5, 5.41) is 10.3. The lowest BCUT2D eigenvalue weighted by molar-refractivity contribution is -0.153. The standard InChI is InChI=1S/C33H24F5NO5S/c1-20-9-12-23-5-2-3-8-27(23)30(20)45(42,43)39(19-26-15-16-28(44-26)33(36,37)38)18-21-10-13-22(14-11-21)24-6-4-7-25(17-24)29(31(34)35)32(40)41/h2-17H,18-19H2,1H3,(H,40,41). The molecule has 0 aliphatic rings. The number of aryl methyl sites for hydroxylation is 1. The normalized spacial score (nSPS) is 12.1. The van der Waals surface area contributed by atoms with Crippen LogP contribution in [0.5, 0.6) is 0 Å². The number of carboxylic acid groups (broad SMARTS) is 1. The smallest absolute Gasteiger partial charge is 0.449 e. The Morgan fingerprint density at radius 1 is 0.844 bits per heavy atom. The molecule has 0 saturated heterocycles. The summed E-state index contributed by atoms with van der Waals surface area (Å²) in [5.74, 6) is -3.24. The van der Waals surface area contributed by atoms with Crippen molar-refractivity contribution in [3.8, 4) is 11.1 Å². The molecule has 0 atom stereocenters. The van der Waals surface area contributed by atoms with Crippen LogP contribution in [0, 0.1) is 6.92 Å². The molecule has 4 aromatic carbocycles. The number of furan rings is 1. The minimum atomic E-state index is -4.75. The van der Waals surface area contributed by atoms with Gasteiger partial charge in [0.15, 0.2) is 0 Å². The Hall–Kier alpha value is -4.81. The van der Waals surface area contributed by atoms with E-state index in [1.807, 2.05) is 0 Å². The average Bonchev–Trinajstić information content (AvgIpc) is 3.46. The zero-order chi connectivity index (χ0) is 32.5. The molecule has 6 nitrogen and oxygen atoms in total. The zero-order valence-corrected chi connectivity index (χ0v) is 24.3. The minimum absolute atomic E-state index is 0.0130. The summed E-state index contributed by atoms with van der Waals surface area (Å²) < 4.78 is 101. The summed E-state index contributed by atoms with van der Waals surface area (Å²) in [5.41, 5.74) is 0.576. The van der Waals surface area contributed by atoms with E-state index >= 15 is 0 Å². The molecule has 0 bridgehead atoms. The van der Waals surface area contributed by atoms with E-state index in [1.165, 1.54) is 18.2 Å². The van der Waals surface area contributed by atoms with Crippen LogP contribution in [0.2, 0.25) is 0 Å². The summed E-state index contributed by atoms with van der Waals surface area (Å²) in [4.78, 5) is 11.4. The van der Waals surface area contributed by atoms with Crippen molar-refractivity contribution < 1.29 is 44.7 Å². The fourth-order valence-electron chi connectivity index (χ4n) is 5.01. The number of carboxylic acids is 1. The number of nitrogens with zero attached hydrogens (tertiary/aromatic N) is 1. The number of rotatable bonds is 9. The second kappa shape index (κ2) is 12.3. The summed E-state index contributed by atoms with van der Waals surface area (Å²) >= 11 is 0. The van der Waals surface area contributed by atoms with E-state index in [0.29, 0.717) is 33.0 Å². The highest BCUT2D eigenvalue weighted by molar-refractivity contribution is 7.89. The van der Waals surface area contributed by atoms with E-state index in [1.54, 1.807) is 73.7 Å². The van der Waals surface area contributed by atoms with E-state index in [-0.39, 0.29) is 22.8 Å². The lowest BCUT2D eigenvalue weighted by Gasteiger charge is -2.24. The lowest BCUT2D eigenvalue weighted by Crippen LogP contribution is -2.31. The third kappa shape index (κ3) is 6.66. The van der Waals surface area contributed by atoms with E-state index in [9.17, 15) is 40.3 Å². The topological polar surface area (TPSA) is 87.8 Å². The Bertz CT molecular complexity index is 2030. The van der Waals surface area contributed by atoms with Gasteiger partial charge in [0.25, 0.3) is 6.08 Å². The first-order chi connectivity index (χ1) is 21.3. The molecule has 0 radical (unpaired) electrons. The third-order valence-electron chi connectivity index (χ3n) is 7.15. The molecular weight excluding hydrogens is 617 g/mol. The Kier molecular flexibility index (Phi) is 8.63. The maximum Gasteiger partial charge on any atom is 0.449 e. The van der Waals surface area contributed by atoms with Crippen LogP contribution in [0.25, 0.3) is 27.5 Å². The molecule has 5 rings (SSSR count). The highest BCUT2D eigenvalue weighted by atomic mass is 32.2. The van der Waals surface area contributed by atoms with Gasteiger partial charge < -0.3 is 9.52 Å². The fraction of sp³-hybridized carbons (Fsp3) is 0.121. The van der Waals surface area contributed by atoms with Crippen LogP contribution in [0.3, 0.4) is 0 Å². The molecule has 0 aliphatic carbocycles. The second-order valence-corrected chi connectivity index (χ2v) is 12.1. The zero-order valence-electron chi connectivity index (χ0n) is 23.5. The van der Waals surface area contributed by atoms with Gasteiger partial charge in [-0.15, -0.1) is 0 Å². The number of halogens is 5. The van der Waals surface area contributed by atoms with Crippen molar-refractivity contribution in [2.45, 2.75) is 31.1 Å². The molecule has 45 heavy (non-hydrogen) atoms. The van der Waals surface area contributed by atoms with Crippen LogP contribution in [0.15, 0.2) is 112 Å². The lowest BCUT2D eigenvalue weighted by atomic mass is 9.99. The highest BCUT2D eigenvalue weighted by Crippen LogP contribution is 2.34.